The number of hydrogen-bond donors (Lipinski definition) is 1. The van der Waals surface area contributed by atoms with Gasteiger partial charge in [0.1, 0.15) is 5.00 Å². The number of nitrogens with zero attached hydrogens (tertiary/aromatic N) is 1. The lowest BCUT2D eigenvalue weighted by Crippen LogP contribution is -2.01. The number of nitrogens with one attached hydrogen (secondary N) is 1. The van der Waals surface area contributed by atoms with E-state index in [4.69, 9.17) is 0 Å². The second kappa shape index (κ2) is 2.29. The summed E-state index contributed by atoms with van der Waals surface area (Å²) >= 11 is 3.33. The van der Waals surface area contributed by atoms with E-state index in [1.165, 1.54) is 10.5 Å². The standard InChI is InChI=1S/C6H6N2S2/c1-4-2-9-6-5(4)10-8-3-7-6/h2-3H,1H3,(H,7,8). The summed E-state index contributed by atoms with van der Waals surface area (Å²) in [5.41, 5.74) is 1.31. The summed E-state index contributed by atoms with van der Waals surface area (Å²) in [6.45, 7) is 2.10. The van der Waals surface area contributed by atoms with Gasteiger partial charge in [-0.15, -0.1) is 11.3 Å². The minimum Gasteiger partial charge on any atom is -0.316 e. The van der Waals surface area contributed by atoms with E-state index in [-0.39, 0.29) is 0 Å². The molecule has 2 rings (SSSR count). The van der Waals surface area contributed by atoms with E-state index in [0.717, 1.165) is 5.00 Å². The third kappa shape index (κ3) is 0.839. The van der Waals surface area contributed by atoms with Crippen molar-refractivity contribution in [1.82, 2.24) is 4.72 Å². The summed E-state index contributed by atoms with van der Waals surface area (Å²) < 4.78 is 3.00. The second-order valence-corrected chi connectivity index (χ2v) is 3.74. The van der Waals surface area contributed by atoms with E-state index >= 15 is 0 Å². The van der Waals surface area contributed by atoms with Crippen molar-refractivity contribution < 1.29 is 0 Å². The lowest BCUT2D eigenvalue weighted by molar-refractivity contribution is 1.31. The molecule has 10 heavy (non-hydrogen) atoms. The fraction of sp³-hybridized carbons (Fsp3) is 0.167. The molecule has 0 radical (unpaired) electrons. The minimum atomic E-state index is 1.13. The van der Waals surface area contributed by atoms with Crippen LogP contribution < -0.4 is 4.72 Å². The number of hydrogen-bond acceptors (Lipinski definition) is 4. The highest BCUT2D eigenvalue weighted by atomic mass is 32.2. The fourth-order valence-corrected chi connectivity index (χ4v) is 2.52. The molecular weight excluding hydrogens is 164 g/mol. The van der Waals surface area contributed by atoms with Crippen molar-refractivity contribution in [3.8, 4) is 0 Å². The van der Waals surface area contributed by atoms with E-state index < -0.39 is 0 Å². The number of aliphatic imine (C=N–C) groups is 1. The first kappa shape index (κ1) is 6.24. The van der Waals surface area contributed by atoms with E-state index in [1.54, 1.807) is 29.6 Å². The van der Waals surface area contributed by atoms with Gasteiger partial charge in [0.05, 0.1) is 11.2 Å². The summed E-state index contributed by atoms with van der Waals surface area (Å²) in [4.78, 5) is 5.45. The molecule has 1 aliphatic rings. The van der Waals surface area contributed by atoms with Gasteiger partial charge in [-0.2, -0.15) is 0 Å². The Morgan fingerprint density at radius 2 is 2.50 bits per heavy atom. The highest BCUT2D eigenvalue weighted by molar-refractivity contribution is 7.98. The Hall–Kier alpha value is -0.480. The molecule has 0 aliphatic carbocycles. The smallest absolute Gasteiger partial charge is 0.133 e. The largest absolute Gasteiger partial charge is 0.316 e. The molecule has 4 heteroatoms. The Kier molecular flexibility index (Phi) is 1.43. The van der Waals surface area contributed by atoms with Gasteiger partial charge in [0.2, 0.25) is 0 Å². The minimum absolute atomic E-state index is 1.13. The van der Waals surface area contributed by atoms with Crippen molar-refractivity contribution in [2.45, 2.75) is 11.8 Å². The van der Waals surface area contributed by atoms with Gasteiger partial charge in [0.25, 0.3) is 0 Å². The van der Waals surface area contributed by atoms with Crippen LogP contribution in [-0.4, -0.2) is 6.34 Å². The quantitative estimate of drug-likeness (QED) is 0.604. The molecule has 1 aliphatic heterocycles. The molecule has 0 bridgehead atoms. The van der Waals surface area contributed by atoms with Crippen molar-refractivity contribution in [3.63, 3.8) is 0 Å². The van der Waals surface area contributed by atoms with Crippen LogP contribution >= 0.6 is 23.3 Å². The molecule has 0 saturated carbocycles. The molecule has 0 amide bonds. The zero-order valence-corrected chi connectivity index (χ0v) is 7.05. The van der Waals surface area contributed by atoms with Gasteiger partial charge < -0.3 is 4.72 Å². The zero-order valence-electron chi connectivity index (χ0n) is 5.42. The Morgan fingerprint density at radius 3 is 3.30 bits per heavy atom. The monoisotopic (exact) mass is 170 g/mol. The first-order valence-electron chi connectivity index (χ1n) is 2.91. The molecule has 1 aromatic heterocycles. The molecule has 1 aromatic rings. The average Bonchev–Trinajstić information content (AvgIpc) is 2.34. The van der Waals surface area contributed by atoms with Crippen LogP contribution in [0.4, 0.5) is 5.00 Å². The Bertz CT molecular complexity index is 277. The fourth-order valence-electron chi connectivity index (χ4n) is 0.803. The molecule has 0 spiro atoms. The first-order valence-corrected chi connectivity index (χ1v) is 4.60. The molecule has 1 N–H and O–H groups in total. The SMILES string of the molecule is Cc1csc2c1SNC=N2. The van der Waals surface area contributed by atoms with Crippen LogP contribution in [0.2, 0.25) is 0 Å². The van der Waals surface area contributed by atoms with Gasteiger partial charge in [-0.3, -0.25) is 0 Å². The maximum atomic E-state index is 4.18. The van der Waals surface area contributed by atoms with Gasteiger partial charge in [0.15, 0.2) is 0 Å². The Balaban J connectivity index is 2.57. The topological polar surface area (TPSA) is 24.4 Å². The molecule has 0 fully saturated rings. The molecule has 0 atom stereocenters. The molecule has 0 unspecified atom stereocenters. The third-order valence-corrected chi connectivity index (χ3v) is 3.37. The molecule has 52 valence electrons. The van der Waals surface area contributed by atoms with Gasteiger partial charge in [-0.25, -0.2) is 4.99 Å². The molecule has 2 nitrogen and oxygen atoms in total. The van der Waals surface area contributed by atoms with Crippen molar-refractivity contribution in [3.05, 3.63) is 10.9 Å². The molecular formula is C6H6N2S2. The lowest BCUT2D eigenvalue weighted by Gasteiger charge is -2.04. The van der Waals surface area contributed by atoms with Crippen LogP contribution in [0.15, 0.2) is 15.3 Å². The molecule has 0 aromatic carbocycles. The highest BCUT2D eigenvalue weighted by Gasteiger charge is 2.10. The number of thiophene rings is 1. The summed E-state index contributed by atoms with van der Waals surface area (Å²) in [6, 6.07) is 0. The number of fused-ring (bicyclic) bond motifs is 1. The van der Waals surface area contributed by atoms with Gasteiger partial charge in [-0.1, -0.05) is 0 Å². The van der Waals surface area contributed by atoms with Crippen LogP contribution in [0, 0.1) is 6.92 Å². The van der Waals surface area contributed by atoms with Crippen LogP contribution in [0.25, 0.3) is 0 Å². The third-order valence-electron chi connectivity index (χ3n) is 1.30. The molecule has 0 saturated heterocycles. The predicted molar refractivity (Wildman–Crippen MR) is 46.2 cm³/mol. The maximum absolute atomic E-state index is 4.18. The van der Waals surface area contributed by atoms with Crippen molar-refractivity contribution >= 4 is 34.6 Å². The molecule has 2 heterocycles. The van der Waals surface area contributed by atoms with Crippen molar-refractivity contribution in [2.75, 3.05) is 0 Å². The first-order chi connectivity index (χ1) is 4.88. The van der Waals surface area contributed by atoms with E-state index in [0.29, 0.717) is 0 Å². The van der Waals surface area contributed by atoms with Crippen molar-refractivity contribution in [1.29, 1.82) is 0 Å². The van der Waals surface area contributed by atoms with Crippen molar-refractivity contribution in [2.24, 2.45) is 4.99 Å². The number of rotatable bonds is 0. The average molecular weight is 170 g/mol. The Labute approximate surface area is 67.5 Å². The summed E-state index contributed by atoms with van der Waals surface area (Å²) in [6.07, 6.45) is 1.73. The lowest BCUT2D eigenvalue weighted by atomic mass is 10.4. The van der Waals surface area contributed by atoms with Crippen LogP contribution in [0.3, 0.4) is 0 Å². The van der Waals surface area contributed by atoms with Crippen LogP contribution in [0.5, 0.6) is 0 Å². The summed E-state index contributed by atoms with van der Waals surface area (Å²) in [7, 11) is 0. The van der Waals surface area contributed by atoms with Crippen LogP contribution in [0.1, 0.15) is 5.56 Å². The zero-order chi connectivity index (χ0) is 6.97. The van der Waals surface area contributed by atoms with E-state index in [2.05, 4.69) is 22.0 Å². The summed E-state index contributed by atoms with van der Waals surface area (Å²) in [5.74, 6) is 0. The second-order valence-electron chi connectivity index (χ2n) is 2.03. The maximum Gasteiger partial charge on any atom is 0.133 e. The highest BCUT2D eigenvalue weighted by Crippen LogP contribution is 2.38. The summed E-state index contributed by atoms with van der Waals surface area (Å²) in [5, 5.41) is 3.25. The Morgan fingerprint density at radius 1 is 1.60 bits per heavy atom. The van der Waals surface area contributed by atoms with Gasteiger partial charge in [0, 0.05) is 0 Å². The van der Waals surface area contributed by atoms with Crippen LogP contribution in [-0.2, 0) is 0 Å². The van der Waals surface area contributed by atoms with E-state index in [9.17, 15) is 0 Å². The van der Waals surface area contributed by atoms with Gasteiger partial charge in [-0.05, 0) is 29.8 Å². The van der Waals surface area contributed by atoms with E-state index in [1.807, 2.05) is 0 Å². The van der Waals surface area contributed by atoms with Gasteiger partial charge >= 0.3 is 0 Å². The predicted octanol–water partition coefficient (Wildman–Crippen LogP) is 2.33. The number of aryl methyl sites for hydroxylation is 1. The normalized spacial score (nSPS) is 14.5.